The number of hydrogen-bond acceptors (Lipinski definition) is 5. The standard InChI is InChI=1S/C26H21ClN2O4/c1-3-7-20-12-19(13-21(16-28)23-10-4-5-11-24(23)27)15-25(32-2)26(20)33-17-18-8-6-9-22(14-18)29(30)31/h3-6,8-15H,1,7,17H2,2H3. The number of methoxy groups -OCH3 is 1. The summed E-state index contributed by atoms with van der Waals surface area (Å²) in [6.07, 6.45) is 3.97. The minimum Gasteiger partial charge on any atom is -0.493 e. The molecular weight excluding hydrogens is 440 g/mol. The van der Waals surface area contributed by atoms with Gasteiger partial charge in [0.1, 0.15) is 6.61 Å². The van der Waals surface area contributed by atoms with E-state index in [1.54, 1.807) is 48.6 Å². The van der Waals surface area contributed by atoms with Crippen LogP contribution in [0.5, 0.6) is 11.5 Å². The van der Waals surface area contributed by atoms with E-state index in [0.29, 0.717) is 39.6 Å². The van der Waals surface area contributed by atoms with E-state index in [4.69, 9.17) is 21.1 Å². The van der Waals surface area contributed by atoms with Crippen molar-refractivity contribution in [1.29, 1.82) is 5.26 Å². The van der Waals surface area contributed by atoms with Gasteiger partial charge < -0.3 is 9.47 Å². The quantitative estimate of drug-likeness (QED) is 0.118. The monoisotopic (exact) mass is 460 g/mol. The van der Waals surface area contributed by atoms with Crippen molar-refractivity contribution >= 4 is 28.9 Å². The van der Waals surface area contributed by atoms with Crippen LogP contribution < -0.4 is 9.47 Å². The zero-order valence-corrected chi connectivity index (χ0v) is 18.7. The Morgan fingerprint density at radius 1 is 1.21 bits per heavy atom. The summed E-state index contributed by atoms with van der Waals surface area (Å²) >= 11 is 6.27. The smallest absolute Gasteiger partial charge is 0.269 e. The SMILES string of the molecule is C=CCc1cc(C=C(C#N)c2ccccc2Cl)cc(OC)c1OCc1cccc([N+](=O)[O-])c1. The number of rotatable bonds is 9. The van der Waals surface area contributed by atoms with Crippen LogP contribution in [0.2, 0.25) is 5.02 Å². The highest BCUT2D eigenvalue weighted by atomic mass is 35.5. The largest absolute Gasteiger partial charge is 0.493 e. The van der Waals surface area contributed by atoms with Crippen molar-refractivity contribution in [2.45, 2.75) is 13.0 Å². The molecule has 0 fully saturated rings. The van der Waals surface area contributed by atoms with E-state index in [9.17, 15) is 15.4 Å². The van der Waals surface area contributed by atoms with Crippen LogP contribution in [0.1, 0.15) is 22.3 Å². The average Bonchev–Trinajstić information content (AvgIpc) is 2.82. The molecule has 0 N–H and O–H groups in total. The summed E-state index contributed by atoms with van der Waals surface area (Å²) < 4.78 is 11.6. The molecule has 0 spiro atoms. The minimum atomic E-state index is -0.444. The molecule has 0 aliphatic rings. The molecule has 3 aromatic rings. The highest BCUT2D eigenvalue weighted by molar-refractivity contribution is 6.32. The fraction of sp³-hybridized carbons (Fsp3) is 0.115. The molecule has 0 radical (unpaired) electrons. The van der Waals surface area contributed by atoms with E-state index >= 15 is 0 Å². The number of nitro benzene ring substituents is 1. The van der Waals surface area contributed by atoms with Crippen molar-refractivity contribution in [2.75, 3.05) is 7.11 Å². The van der Waals surface area contributed by atoms with Gasteiger partial charge in [0.05, 0.1) is 23.7 Å². The second-order valence-electron chi connectivity index (χ2n) is 7.07. The third-order valence-corrected chi connectivity index (χ3v) is 5.17. The van der Waals surface area contributed by atoms with E-state index in [2.05, 4.69) is 12.6 Å². The average molecular weight is 461 g/mol. The fourth-order valence-corrected chi connectivity index (χ4v) is 3.56. The normalized spacial score (nSPS) is 10.9. The van der Waals surface area contributed by atoms with Crippen LogP contribution >= 0.6 is 11.6 Å². The molecular formula is C26H21ClN2O4. The van der Waals surface area contributed by atoms with Gasteiger partial charge in [0.15, 0.2) is 11.5 Å². The summed E-state index contributed by atoms with van der Waals surface area (Å²) in [5.74, 6) is 0.986. The zero-order valence-electron chi connectivity index (χ0n) is 18.0. The first-order valence-corrected chi connectivity index (χ1v) is 10.4. The van der Waals surface area contributed by atoms with E-state index < -0.39 is 4.92 Å². The van der Waals surface area contributed by atoms with Crippen LogP contribution in [0, 0.1) is 21.4 Å². The molecule has 0 saturated carbocycles. The maximum absolute atomic E-state index is 11.0. The number of nitro groups is 1. The van der Waals surface area contributed by atoms with E-state index in [0.717, 1.165) is 11.1 Å². The second-order valence-corrected chi connectivity index (χ2v) is 7.48. The minimum absolute atomic E-state index is 0.00142. The third-order valence-electron chi connectivity index (χ3n) is 4.84. The van der Waals surface area contributed by atoms with Gasteiger partial charge in [-0.3, -0.25) is 10.1 Å². The molecule has 0 unspecified atom stereocenters. The van der Waals surface area contributed by atoms with Gasteiger partial charge in [0.2, 0.25) is 0 Å². The number of ether oxygens (including phenoxy) is 2. The van der Waals surface area contributed by atoms with Gasteiger partial charge in [-0.15, -0.1) is 6.58 Å². The zero-order chi connectivity index (χ0) is 23.8. The first kappa shape index (κ1) is 23.6. The summed E-state index contributed by atoms with van der Waals surface area (Å²) in [5.41, 5.74) is 3.25. The van der Waals surface area contributed by atoms with Gasteiger partial charge in [0, 0.05) is 28.3 Å². The van der Waals surface area contributed by atoms with Gasteiger partial charge in [-0.2, -0.15) is 5.26 Å². The summed E-state index contributed by atoms with van der Waals surface area (Å²) in [6.45, 7) is 3.94. The lowest BCUT2D eigenvalue weighted by Crippen LogP contribution is -2.02. The number of hydrogen-bond donors (Lipinski definition) is 0. The molecule has 0 heterocycles. The lowest BCUT2D eigenvalue weighted by molar-refractivity contribution is -0.384. The number of allylic oxidation sites excluding steroid dienone is 2. The topological polar surface area (TPSA) is 85.4 Å². The predicted octanol–water partition coefficient (Wildman–Crippen LogP) is 6.63. The molecule has 166 valence electrons. The number of benzene rings is 3. The molecule has 0 atom stereocenters. The van der Waals surface area contributed by atoms with Gasteiger partial charge in [-0.1, -0.05) is 48.0 Å². The van der Waals surface area contributed by atoms with Gasteiger partial charge in [-0.25, -0.2) is 0 Å². The van der Waals surface area contributed by atoms with Gasteiger partial charge >= 0.3 is 0 Å². The maximum Gasteiger partial charge on any atom is 0.269 e. The third kappa shape index (κ3) is 5.79. The maximum atomic E-state index is 11.0. The van der Waals surface area contributed by atoms with Crippen LogP contribution in [0.15, 0.2) is 73.3 Å². The Labute approximate surface area is 197 Å². The summed E-state index contributed by atoms with van der Waals surface area (Å²) in [4.78, 5) is 10.6. The molecule has 3 rings (SSSR count). The molecule has 0 amide bonds. The van der Waals surface area contributed by atoms with Crippen molar-refractivity contribution in [1.82, 2.24) is 0 Å². The Morgan fingerprint density at radius 3 is 2.67 bits per heavy atom. The van der Waals surface area contributed by atoms with Crippen LogP contribution in [0.25, 0.3) is 11.6 Å². The van der Waals surface area contributed by atoms with Crippen molar-refractivity contribution in [3.8, 4) is 17.6 Å². The Kier molecular flexibility index (Phi) is 7.85. The fourth-order valence-electron chi connectivity index (χ4n) is 3.32. The van der Waals surface area contributed by atoms with E-state index in [-0.39, 0.29) is 12.3 Å². The molecule has 0 aliphatic carbocycles. The number of non-ortho nitro benzene ring substituents is 1. The second kappa shape index (κ2) is 11.0. The van der Waals surface area contributed by atoms with Crippen molar-refractivity contribution in [3.63, 3.8) is 0 Å². The van der Waals surface area contributed by atoms with Gasteiger partial charge in [0.25, 0.3) is 5.69 Å². The molecule has 3 aromatic carbocycles. The molecule has 0 bridgehead atoms. The highest BCUT2D eigenvalue weighted by Crippen LogP contribution is 2.36. The predicted molar refractivity (Wildman–Crippen MR) is 129 cm³/mol. The van der Waals surface area contributed by atoms with Crippen LogP contribution in [-0.4, -0.2) is 12.0 Å². The van der Waals surface area contributed by atoms with E-state index in [1.807, 2.05) is 12.1 Å². The van der Waals surface area contributed by atoms with Crippen LogP contribution in [0.4, 0.5) is 5.69 Å². The molecule has 0 saturated heterocycles. The summed E-state index contributed by atoms with van der Waals surface area (Å²) in [5, 5.41) is 21.2. The Morgan fingerprint density at radius 2 is 2.00 bits per heavy atom. The molecule has 0 aromatic heterocycles. The molecule has 6 nitrogen and oxygen atoms in total. The number of halogens is 1. The summed E-state index contributed by atoms with van der Waals surface area (Å²) in [6, 6.07) is 19.3. The van der Waals surface area contributed by atoms with Crippen molar-refractivity contribution in [2.24, 2.45) is 0 Å². The Balaban J connectivity index is 1.98. The van der Waals surface area contributed by atoms with Crippen LogP contribution in [0.3, 0.4) is 0 Å². The van der Waals surface area contributed by atoms with Crippen LogP contribution in [-0.2, 0) is 13.0 Å². The molecule has 33 heavy (non-hydrogen) atoms. The Hall–Kier alpha value is -4.08. The van der Waals surface area contributed by atoms with E-state index in [1.165, 1.54) is 19.2 Å². The number of nitrogens with zero attached hydrogens (tertiary/aromatic N) is 2. The van der Waals surface area contributed by atoms with Crippen molar-refractivity contribution in [3.05, 3.63) is 111 Å². The molecule has 7 heteroatoms. The first-order chi connectivity index (χ1) is 16.0. The van der Waals surface area contributed by atoms with Gasteiger partial charge in [-0.05, 0) is 41.8 Å². The lowest BCUT2D eigenvalue weighted by atomic mass is 10.0. The van der Waals surface area contributed by atoms with Crippen molar-refractivity contribution < 1.29 is 14.4 Å². The summed E-state index contributed by atoms with van der Waals surface area (Å²) in [7, 11) is 1.53. The first-order valence-electron chi connectivity index (χ1n) is 10.0. The Bertz CT molecular complexity index is 1260. The lowest BCUT2D eigenvalue weighted by Gasteiger charge is -2.16. The number of nitriles is 1. The highest BCUT2D eigenvalue weighted by Gasteiger charge is 2.15. The molecule has 0 aliphatic heterocycles.